The zero-order valence-corrected chi connectivity index (χ0v) is 10.2. The van der Waals surface area contributed by atoms with E-state index in [1.165, 1.54) is 0 Å². The molecule has 0 amide bonds. The van der Waals surface area contributed by atoms with E-state index in [0.29, 0.717) is 12.5 Å². The maximum atomic E-state index is 5.80. The second-order valence-corrected chi connectivity index (χ2v) is 4.49. The third-order valence-corrected chi connectivity index (χ3v) is 3.96. The van der Waals surface area contributed by atoms with Crippen molar-refractivity contribution in [3.05, 3.63) is 0 Å². The van der Waals surface area contributed by atoms with Crippen LogP contribution in [0.2, 0.25) is 0 Å². The largest absolute Gasteiger partial charge is 0.376 e. The first kappa shape index (κ1) is 11.8. The Labute approximate surface area is 93.1 Å². The number of ether oxygens (including phenoxy) is 2. The molecule has 2 unspecified atom stereocenters. The average molecular weight is 272 g/mol. The predicted octanol–water partition coefficient (Wildman–Crippen LogP) is 2.57. The van der Waals surface area contributed by atoms with Gasteiger partial charge in [-0.15, -0.1) is 11.6 Å². The predicted molar refractivity (Wildman–Crippen MR) is 57.8 cm³/mol. The summed E-state index contributed by atoms with van der Waals surface area (Å²) in [6, 6.07) is 0. The first-order valence-electron chi connectivity index (χ1n) is 4.58. The molecule has 0 bridgehead atoms. The van der Waals surface area contributed by atoms with Gasteiger partial charge in [-0.1, -0.05) is 15.9 Å². The topological polar surface area (TPSA) is 18.5 Å². The highest BCUT2D eigenvalue weighted by Crippen LogP contribution is 2.19. The average Bonchev–Trinajstić information content (AvgIpc) is 2.67. The van der Waals surface area contributed by atoms with Crippen molar-refractivity contribution in [3.63, 3.8) is 0 Å². The number of hydrogen-bond acceptors (Lipinski definition) is 2. The molecule has 0 aromatic heterocycles. The highest BCUT2D eigenvalue weighted by molar-refractivity contribution is 9.09. The lowest BCUT2D eigenvalue weighted by atomic mass is 10.2. The molecule has 0 spiro atoms. The summed E-state index contributed by atoms with van der Waals surface area (Å²) in [7, 11) is 0. The standard InChI is InChI=1S/C9H16BrClO2/c1-9(6-10,7-11)13-5-8-3-2-4-12-8/h8H,2-7H2,1H3. The molecule has 0 radical (unpaired) electrons. The minimum absolute atomic E-state index is 0.256. The lowest BCUT2D eigenvalue weighted by Gasteiger charge is -2.26. The first-order valence-corrected chi connectivity index (χ1v) is 6.23. The van der Waals surface area contributed by atoms with Crippen LogP contribution in [-0.2, 0) is 9.47 Å². The van der Waals surface area contributed by atoms with Gasteiger partial charge in [0.1, 0.15) is 0 Å². The van der Waals surface area contributed by atoms with Gasteiger partial charge in [0, 0.05) is 11.9 Å². The smallest absolute Gasteiger partial charge is 0.0886 e. The number of halogens is 2. The van der Waals surface area contributed by atoms with Gasteiger partial charge in [0.2, 0.25) is 0 Å². The van der Waals surface area contributed by atoms with Crippen molar-refractivity contribution in [1.82, 2.24) is 0 Å². The highest BCUT2D eigenvalue weighted by Gasteiger charge is 2.25. The molecule has 0 aliphatic carbocycles. The molecular weight excluding hydrogens is 255 g/mol. The SMILES string of the molecule is CC(CCl)(CBr)OCC1CCCO1. The Morgan fingerprint density at radius 1 is 1.69 bits per heavy atom. The fraction of sp³-hybridized carbons (Fsp3) is 1.00. The van der Waals surface area contributed by atoms with Gasteiger partial charge in [-0.25, -0.2) is 0 Å². The molecule has 1 aliphatic heterocycles. The van der Waals surface area contributed by atoms with E-state index in [0.717, 1.165) is 24.8 Å². The molecule has 2 nitrogen and oxygen atoms in total. The molecule has 0 aromatic rings. The van der Waals surface area contributed by atoms with Crippen LogP contribution in [0.1, 0.15) is 19.8 Å². The van der Waals surface area contributed by atoms with Crippen molar-refractivity contribution < 1.29 is 9.47 Å². The lowest BCUT2D eigenvalue weighted by molar-refractivity contribution is -0.0503. The van der Waals surface area contributed by atoms with Crippen LogP contribution < -0.4 is 0 Å². The van der Waals surface area contributed by atoms with Crippen LogP contribution in [0.4, 0.5) is 0 Å². The second kappa shape index (κ2) is 5.54. The Morgan fingerprint density at radius 2 is 2.46 bits per heavy atom. The van der Waals surface area contributed by atoms with Gasteiger partial charge in [-0.3, -0.25) is 0 Å². The van der Waals surface area contributed by atoms with Gasteiger partial charge in [0.15, 0.2) is 0 Å². The van der Waals surface area contributed by atoms with Gasteiger partial charge < -0.3 is 9.47 Å². The molecule has 1 heterocycles. The summed E-state index contributed by atoms with van der Waals surface area (Å²) in [4.78, 5) is 0. The van der Waals surface area contributed by atoms with E-state index < -0.39 is 0 Å². The van der Waals surface area contributed by atoms with Crippen LogP contribution in [0.25, 0.3) is 0 Å². The monoisotopic (exact) mass is 270 g/mol. The molecule has 78 valence electrons. The zero-order chi connectivity index (χ0) is 9.73. The Hall–Kier alpha value is 0.690. The van der Waals surface area contributed by atoms with E-state index in [1.54, 1.807) is 0 Å². The normalized spacial score (nSPS) is 27.5. The molecule has 1 fully saturated rings. The molecule has 0 saturated carbocycles. The van der Waals surface area contributed by atoms with E-state index in [4.69, 9.17) is 21.1 Å². The maximum Gasteiger partial charge on any atom is 0.0886 e. The number of hydrogen-bond donors (Lipinski definition) is 0. The van der Waals surface area contributed by atoms with Crippen molar-refractivity contribution >= 4 is 27.5 Å². The number of rotatable bonds is 5. The summed E-state index contributed by atoms with van der Waals surface area (Å²) in [6.45, 7) is 3.54. The molecule has 4 heteroatoms. The quantitative estimate of drug-likeness (QED) is 0.716. The van der Waals surface area contributed by atoms with Gasteiger partial charge in [0.05, 0.1) is 24.2 Å². The third-order valence-electron chi connectivity index (χ3n) is 2.21. The molecule has 1 aliphatic rings. The molecule has 13 heavy (non-hydrogen) atoms. The fourth-order valence-corrected chi connectivity index (χ4v) is 1.94. The Kier molecular flexibility index (Phi) is 5.01. The van der Waals surface area contributed by atoms with Crippen molar-refractivity contribution in [1.29, 1.82) is 0 Å². The van der Waals surface area contributed by atoms with Crippen LogP contribution in [0.15, 0.2) is 0 Å². The lowest BCUT2D eigenvalue weighted by Crippen LogP contribution is -2.35. The van der Waals surface area contributed by atoms with Gasteiger partial charge >= 0.3 is 0 Å². The summed E-state index contributed by atoms with van der Waals surface area (Å²) in [5.74, 6) is 0.505. The van der Waals surface area contributed by atoms with Crippen LogP contribution in [-0.4, -0.2) is 36.1 Å². The van der Waals surface area contributed by atoms with Crippen molar-refractivity contribution in [2.45, 2.75) is 31.5 Å². The van der Waals surface area contributed by atoms with Gasteiger partial charge in [0.25, 0.3) is 0 Å². The Balaban J connectivity index is 2.22. The Bertz CT molecular complexity index is 145. The fourth-order valence-electron chi connectivity index (χ4n) is 1.18. The van der Waals surface area contributed by atoms with Crippen molar-refractivity contribution in [2.24, 2.45) is 0 Å². The van der Waals surface area contributed by atoms with E-state index in [9.17, 15) is 0 Å². The van der Waals surface area contributed by atoms with E-state index in [-0.39, 0.29) is 11.7 Å². The van der Waals surface area contributed by atoms with Crippen LogP contribution in [0.5, 0.6) is 0 Å². The van der Waals surface area contributed by atoms with Crippen LogP contribution >= 0.6 is 27.5 Å². The van der Waals surface area contributed by atoms with Crippen molar-refractivity contribution in [3.8, 4) is 0 Å². The minimum atomic E-state index is -0.256. The first-order chi connectivity index (χ1) is 6.20. The highest BCUT2D eigenvalue weighted by atomic mass is 79.9. The minimum Gasteiger partial charge on any atom is -0.376 e. The third kappa shape index (κ3) is 3.74. The van der Waals surface area contributed by atoms with Crippen LogP contribution in [0, 0.1) is 0 Å². The van der Waals surface area contributed by atoms with E-state index in [2.05, 4.69) is 15.9 Å². The summed E-state index contributed by atoms with van der Waals surface area (Å²) in [5.41, 5.74) is -0.256. The summed E-state index contributed by atoms with van der Waals surface area (Å²) >= 11 is 9.19. The zero-order valence-electron chi connectivity index (χ0n) is 7.89. The molecule has 0 aromatic carbocycles. The Morgan fingerprint density at radius 3 is 2.92 bits per heavy atom. The van der Waals surface area contributed by atoms with Gasteiger partial charge in [-0.05, 0) is 19.8 Å². The van der Waals surface area contributed by atoms with E-state index >= 15 is 0 Å². The molecule has 1 rings (SSSR count). The van der Waals surface area contributed by atoms with Crippen LogP contribution in [0.3, 0.4) is 0 Å². The molecule has 2 atom stereocenters. The molecule has 1 saturated heterocycles. The van der Waals surface area contributed by atoms with Crippen molar-refractivity contribution in [2.75, 3.05) is 24.4 Å². The second-order valence-electron chi connectivity index (χ2n) is 3.66. The summed E-state index contributed by atoms with van der Waals surface area (Å²) in [6.07, 6.45) is 2.54. The maximum absolute atomic E-state index is 5.80. The van der Waals surface area contributed by atoms with Gasteiger partial charge in [-0.2, -0.15) is 0 Å². The van der Waals surface area contributed by atoms with E-state index in [1.807, 2.05) is 6.92 Å². The number of alkyl halides is 2. The summed E-state index contributed by atoms with van der Waals surface area (Å²) in [5, 5.41) is 0.760. The molecular formula is C9H16BrClO2. The molecule has 0 N–H and O–H groups in total. The summed E-state index contributed by atoms with van der Waals surface area (Å²) < 4.78 is 11.2.